The van der Waals surface area contributed by atoms with Crippen molar-refractivity contribution < 1.29 is 4.79 Å². The monoisotopic (exact) mass is 419 g/mol. The third-order valence-electron chi connectivity index (χ3n) is 4.26. The van der Waals surface area contributed by atoms with Crippen LogP contribution in [0.15, 0.2) is 21.7 Å². The van der Waals surface area contributed by atoms with E-state index in [0.29, 0.717) is 12.5 Å². The zero-order valence-electron chi connectivity index (χ0n) is 16.1. The largest absolute Gasteiger partial charge is 0.344 e. The molecule has 0 spiro atoms. The molecule has 1 amide bonds. The summed E-state index contributed by atoms with van der Waals surface area (Å²) in [5, 5.41) is 3.20. The van der Waals surface area contributed by atoms with Crippen LogP contribution in [0.3, 0.4) is 0 Å². The normalized spacial score (nSPS) is 12.9. The summed E-state index contributed by atoms with van der Waals surface area (Å²) in [5.74, 6) is -0.0223. The van der Waals surface area contributed by atoms with Gasteiger partial charge in [0.05, 0.1) is 10.9 Å². The topological polar surface area (TPSA) is 112 Å². The number of aryl methyl sites for hydroxylation is 1. The molecule has 0 saturated carbocycles. The van der Waals surface area contributed by atoms with E-state index in [2.05, 4.69) is 24.1 Å². The summed E-state index contributed by atoms with van der Waals surface area (Å²) in [5.41, 5.74) is 4.66. The molecular formula is C17H27Cl2N5O3. The van der Waals surface area contributed by atoms with Crippen LogP contribution in [-0.2, 0) is 14.1 Å². The third kappa shape index (κ3) is 5.09. The van der Waals surface area contributed by atoms with Gasteiger partial charge in [-0.15, -0.1) is 24.8 Å². The standard InChI is InChI=1S/C17H25N5O3.2ClH/c1-10(2)8-17(3,9-18)20-14(23)12-7-6-11-13(19-12)21(4)16(25)22(5)15(11)24;;/h6-7,10H,8-9,18H2,1-5H3,(H,20,23);2*1H. The fourth-order valence-electron chi connectivity index (χ4n) is 3.01. The first-order valence-electron chi connectivity index (χ1n) is 8.19. The van der Waals surface area contributed by atoms with Gasteiger partial charge in [-0.05, 0) is 31.4 Å². The molecule has 2 aromatic heterocycles. The molecule has 2 heterocycles. The smallest absolute Gasteiger partial charge is 0.332 e. The molecule has 152 valence electrons. The first-order valence-corrected chi connectivity index (χ1v) is 8.19. The van der Waals surface area contributed by atoms with Crippen LogP contribution in [0.1, 0.15) is 37.7 Å². The maximum Gasteiger partial charge on any atom is 0.332 e. The van der Waals surface area contributed by atoms with Gasteiger partial charge in [0.1, 0.15) is 11.3 Å². The van der Waals surface area contributed by atoms with E-state index in [1.807, 2.05) is 6.92 Å². The van der Waals surface area contributed by atoms with Gasteiger partial charge in [-0.1, -0.05) is 13.8 Å². The van der Waals surface area contributed by atoms with E-state index in [9.17, 15) is 14.4 Å². The van der Waals surface area contributed by atoms with Crippen LogP contribution < -0.4 is 22.3 Å². The van der Waals surface area contributed by atoms with E-state index in [1.54, 1.807) is 0 Å². The minimum atomic E-state index is -0.555. The number of nitrogens with zero attached hydrogens (tertiary/aromatic N) is 3. The second-order valence-electron chi connectivity index (χ2n) is 7.09. The summed E-state index contributed by atoms with van der Waals surface area (Å²) in [4.78, 5) is 41.0. The summed E-state index contributed by atoms with van der Waals surface area (Å²) in [6, 6.07) is 3.00. The Morgan fingerprint density at radius 2 is 1.81 bits per heavy atom. The summed E-state index contributed by atoms with van der Waals surface area (Å²) in [7, 11) is 2.92. The fourth-order valence-corrected chi connectivity index (χ4v) is 3.01. The van der Waals surface area contributed by atoms with Crippen LogP contribution in [0, 0.1) is 5.92 Å². The zero-order chi connectivity index (χ0) is 18.9. The Hall–Kier alpha value is -1.90. The van der Waals surface area contributed by atoms with Crippen molar-refractivity contribution in [3.63, 3.8) is 0 Å². The number of halogens is 2. The highest BCUT2D eigenvalue weighted by atomic mass is 35.5. The number of carbonyl (C=O) groups excluding carboxylic acids is 1. The van der Waals surface area contributed by atoms with E-state index in [-0.39, 0.29) is 47.4 Å². The number of amides is 1. The van der Waals surface area contributed by atoms with E-state index < -0.39 is 16.8 Å². The third-order valence-corrected chi connectivity index (χ3v) is 4.26. The molecule has 0 aromatic carbocycles. The van der Waals surface area contributed by atoms with Gasteiger partial charge >= 0.3 is 5.69 Å². The van der Waals surface area contributed by atoms with Gasteiger partial charge < -0.3 is 11.1 Å². The van der Waals surface area contributed by atoms with Crippen molar-refractivity contribution in [3.8, 4) is 0 Å². The lowest BCUT2D eigenvalue weighted by molar-refractivity contribution is 0.0893. The zero-order valence-corrected chi connectivity index (χ0v) is 17.7. The summed E-state index contributed by atoms with van der Waals surface area (Å²) in [6.45, 7) is 6.29. The molecule has 0 bridgehead atoms. The van der Waals surface area contributed by atoms with Gasteiger partial charge in [0.25, 0.3) is 11.5 Å². The second-order valence-corrected chi connectivity index (χ2v) is 7.09. The van der Waals surface area contributed by atoms with Crippen molar-refractivity contribution in [1.82, 2.24) is 19.4 Å². The average molecular weight is 420 g/mol. The van der Waals surface area contributed by atoms with Gasteiger partial charge in [0, 0.05) is 20.6 Å². The summed E-state index contributed by atoms with van der Waals surface area (Å²) >= 11 is 0. The molecule has 0 aliphatic heterocycles. The lowest BCUT2D eigenvalue weighted by atomic mass is 9.90. The van der Waals surface area contributed by atoms with E-state index in [1.165, 1.54) is 30.8 Å². The van der Waals surface area contributed by atoms with Crippen LogP contribution in [0.4, 0.5) is 0 Å². The highest BCUT2D eigenvalue weighted by molar-refractivity contribution is 5.94. The molecule has 1 unspecified atom stereocenters. The fraction of sp³-hybridized carbons (Fsp3) is 0.529. The minimum absolute atomic E-state index is 0. The SMILES string of the molecule is CC(C)CC(C)(CN)NC(=O)c1ccc2c(=O)n(C)c(=O)n(C)c2n1.Cl.Cl. The van der Waals surface area contributed by atoms with Crippen molar-refractivity contribution in [3.05, 3.63) is 38.7 Å². The molecule has 0 aliphatic carbocycles. The molecule has 0 saturated heterocycles. The van der Waals surface area contributed by atoms with Crippen LogP contribution in [0.5, 0.6) is 0 Å². The maximum atomic E-state index is 12.6. The number of rotatable bonds is 5. The number of hydrogen-bond donors (Lipinski definition) is 2. The predicted molar refractivity (Wildman–Crippen MR) is 111 cm³/mol. The van der Waals surface area contributed by atoms with Crippen molar-refractivity contribution >= 4 is 41.8 Å². The van der Waals surface area contributed by atoms with Crippen LogP contribution in [-0.4, -0.2) is 32.1 Å². The Balaban J connectivity index is 0.00000338. The van der Waals surface area contributed by atoms with Gasteiger partial charge in [0.2, 0.25) is 0 Å². The number of nitrogens with one attached hydrogen (secondary N) is 1. The van der Waals surface area contributed by atoms with Crippen molar-refractivity contribution in [2.45, 2.75) is 32.7 Å². The van der Waals surface area contributed by atoms with Crippen LogP contribution >= 0.6 is 24.8 Å². The summed E-state index contributed by atoms with van der Waals surface area (Å²) in [6.07, 6.45) is 0.724. The Morgan fingerprint density at radius 1 is 1.22 bits per heavy atom. The molecule has 10 heteroatoms. The van der Waals surface area contributed by atoms with Crippen molar-refractivity contribution in [2.75, 3.05) is 6.54 Å². The van der Waals surface area contributed by atoms with Crippen molar-refractivity contribution in [2.24, 2.45) is 25.7 Å². The highest BCUT2D eigenvalue weighted by Gasteiger charge is 2.27. The molecule has 2 rings (SSSR count). The highest BCUT2D eigenvalue weighted by Crippen LogP contribution is 2.16. The Bertz CT molecular complexity index is 939. The molecule has 0 aliphatic rings. The molecule has 3 N–H and O–H groups in total. The molecule has 1 atom stereocenters. The molecule has 27 heavy (non-hydrogen) atoms. The Morgan fingerprint density at radius 3 is 2.33 bits per heavy atom. The van der Waals surface area contributed by atoms with Crippen LogP contribution in [0.2, 0.25) is 0 Å². The molecule has 2 aromatic rings. The Labute approximate surface area is 170 Å². The van der Waals surface area contributed by atoms with E-state index >= 15 is 0 Å². The summed E-state index contributed by atoms with van der Waals surface area (Å²) < 4.78 is 2.27. The first kappa shape index (κ1) is 25.1. The van der Waals surface area contributed by atoms with Gasteiger partial charge in [-0.3, -0.25) is 18.7 Å². The first-order chi connectivity index (χ1) is 11.6. The lowest BCUT2D eigenvalue weighted by Crippen LogP contribution is -2.52. The molecule has 8 nitrogen and oxygen atoms in total. The number of fused-ring (bicyclic) bond motifs is 1. The second kappa shape index (κ2) is 9.34. The van der Waals surface area contributed by atoms with E-state index in [0.717, 1.165) is 11.0 Å². The number of pyridine rings is 1. The van der Waals surface area contributed by atoms with E-state index in [4.69, 9.17) is 5.73 Å². The quantitative estimate of drug-likeness (QED) is 0.749. The number of carbonyl (C=O) groups is 1. The van der Waals surface area contributed by atoms with Gasteiger partial charge in [0.15, 0.2) is 0 Å². The molecule has 0 radical (unpaired) electrons. The lowest BCUT2D eigenvalue weighted by Gasteiger charge is -2.31. The number of hydrogen-bond acceptors (Lipinski definition) is 5. The minimum Gasteiger partial charge on any atom is -0.344 e. The molecule has 0 fully saturated rings. The van der Waals surface area contributed by atoms with Gasteiger partial charge in [-0.25, -0.2) is 9.78 Å². The average Bonchev–Trinajstić information content (AvgIpc) is 2.56. The Kier molecular flexibility index (Phi) is 8.69. The van der Waals surface area contributed by atoms with Gasteiger partial charge in [-0.2, -0.15) is 0 Å². The van der Waals surface area contributed by atoms with Crippen LogP contribution in [0.25, 0.3) is 11.0 Å². The molecular weight excluding hydrogens is 393 g/mol. The number of aromatic nitrogens is 3. The van der Waals surface area contributed by atoms with Crippen molar-refractivity contribution in [1.29, 1.82) is 0 Å². The maximum absolute atomic E-state index is 12.6. The number of nitrogens with two attached hydrogens (primary N) is 1. The predicted octanol–water partition coefficient (Wildman–Crippen LogP) is 0.969.